The minimum Gasteiger partial charge on any atom is -0.358 e. The molecule has 1 aromatic rings. The van der Waals surface area contributed by atoms with E-state index in [4.69, 9.17) is 4.74 Å². The fraction of sp³-hybridized carbons (Fsp3) is 0.556. The Morgan fingerprint density at radius 1 is 1.42 bits per heavy atom. The van der Waals surface area contributed by atoms with Crippen LogP contribution in [-0.4, -0.2) is 41.9 Å². The summed E-state index contributed by atoms with van der Waals surface area (Å²) in [6, 6.07) is 6.02. The number of anilines is 1. The summed E-state index contributed by atoms with van der Waals surface area (Å²) in [6.07, 6.45) is 1.39. The second-order valence-electron chi connectivity index (χ2n) is 7.21. The Morgan fingerprint density at radius 3 is 3.12 bits per heavy atom. The van der Waals surface area contributed by atoms with Gasteiger partial charge in [0.05, 0.1) is 17.2 Å². The van der Waals surface area contributed by atoms with Gasteiger partial charge in [0.25, 0.3) is 0 Å². The zero-order valence-electron chi connectivity index (χ0n) is 14.9. The highest BCUT2D eigenvalue weighted by molar-refractivity contribution is 8.00. The van der Waals surface area contributed by atoms with Crippen LogP contribution < -0.4 is 21.3 Å². The molecule has 1 aromatic carbocycles. The molecule has 3 heterocycles. The monoisotopic (exact) mass is 376 g/mol. The Labute approximate surface area is 157 Å². The second-order valence-corrected chi connectivity index (χ2v) is 8.34. The maximum atomic E-state index is 12.3. The number of benzene rings is 1. The second kappa shape index (κ2) is 7.00. The standard InChI is InChI=1S/C18H24N4O3S/c1-9-7-19-18(24)22-17(9)26-8-15(23)20-10(2)11-3-4-13-12(5-11)6-14-16(21-13)25-14/h3-5,9-10,14,16-17,21H,6-8H2,1-2H3,(H,20,23)(H2,19,22,24). The highest BCUT2D eigenvalue weighted by Gasteiger charge is 2.42. The third-order valence-corrected chi connectivity index (χ3v) is 6.45. The molecule has 0 spiro atoms. The summed E-state index contributed by atoms with van der Waals surface area (Å²) in [5.41, 5.74) is 3.45. The quantitative estimate of drug-likeness (QED) is 0.585. The molecule has 7 nitrogen and oxygen atoms in total. The number of hydrogen-bond donors (Lipinski definition) is 4. The average molecular weight is 376 g/mol. The van der Waals surface area contributed by atoms with Gasteiger partial charge >= 0.3 is 6.03 Å². The van der Waals surface area contributed by atoms with E-state index in [2.05, 4.69) is 40.3 Å². The van der Waals surface area contributed by atoms with Crippen LogP contribution in [0.4, 0.5) is 10.5 Å². The summed E-state index contributed by atoms with van der Waals surface area (Å²) in [6.45, 7) is 4.68. The van der Waals surface area contributed by atoms with Crippen LogP contribution in [0.5, 0.6) is 0 Å². The molecule has 0 bridgehead atoms. The van der Waals surface area contributed by atoms with Gasteiger partial charge in [0.1, 0.15) is 6.10 Å². The molecule has 3 aliphatic heterocycles. The van der Waals surface area contributed by atoms with E-state index in [1.807, 2.05) is 13.0 Å². The Kier molecular flexibility index (Phi) is 4.71. The van der Waals surface area contributed by atoms with Crippen LogP contribution in [-0.2, 0) is 16.0 Å². The molecule has 3 aliphatic rings. The van der Waals surface area contributed by atoms with Crippen LogP contribution in [0.3, 0.4) is 0 Å². The zero-order chi connectivity index (χ0) is 18.3. The lowest BCUT2D eigenvalue weighted by Crippen LogP contribution is -2.53. The third-order valence-electron chi connectivity index (χ3n) is 5.08. The van der Waals surface area contributed by atoms with Crippen LogP contribution in [0.25, 0.3) is 0 Å². The fourth-order valence-electron chi connectivity index (χ4n) is 3.41. The topological polar surface area (TPSA) is 94.8 Å². The predicted molar refractivity (Wildman–Crippen MR) is 101 cm³/mol. The summed E-state index contributed by atoms with van der Waals surface area (Å²) < 4.78 is 5.51. The molecule has 26 heavy (non-hydrogen) atoms. The van der Waals surface area contributed by atoms with Crippen molar-refractivity contribution in [3.8, 4) is 0 Å². The van der Waals surface area contributed by atoms with E-state index in [1.165, 1.54) is 17.3 Å². The summed E-state index contributed by atoms with van der Waals surface area (Å²) in [7, 11) is 0. The average Bonchev–Trinajstić information content (AvgIpc) is 3.38. The lowest BCUT2D eigenvalue weighted by Gasteiger charge is -2.29. The number of epoxide rings is 1. The van der Waals surface area contributed by atoms with Gasteiger partial charge in [-0.2, -0.15) is 0 Å². The van der Waals surface area contributed by atoms with Gasteiger partial charge in [0.2, 0.25) is 5.91 Å². The smallest absolute Gasteiger partial charge is 0.315 e. The first kappa shape index (κ1) is 17.5. The molecular weight excluding hydrogens is 352 g/mol. The Morgan fingerprint density at radius 2 is 2.27 bits per heavy atom. The van der Waals surface area contributed by atoms with Gasteiger partial charge in [-0.05, 0) is 24.1 Å². The number of urea groups is 1. The lowest BCUT2D eigenvalue weighted by atomic mass is 9.98. The highest BCUT2D eigenvalue weighted by atomic mass is 32.2. The van der Waals surface area contributed by atoms with E-state index in [0.717, 1.165) is 17.7 Å². The number of rotatable bonds is 5. The maximum Gasteiger partial charge on any atom is 0.315 e. The first-order valence-electron chi connectivity index (χ1n) is 9.00. The van der Waals surface area contributed by atoms with Crippen LogP contribution in [0.15, 0.2) is 18.2 Å². The van der Waals surface area contributed by atoms with E-state index in [9.17, 15) is 9.59 Å². The van der Waals surface area contributed by atoms with Crippen LogP contribution in [0, 0.1) is 5.92 Å². The molecule has 0 aromatic heterocycles. The van der Waals surface area contributed by atoms with Crippen molar-refractivity contribution in [3.05, 3.63) is 29.3 Å². The molecule has 0 aliphatic carbocycles. The molecule has 5 atom stereocenters. The van der Waals surface area contributed by atoms with Gasteiger partial charge in [-0.25, -0.2) is 4.79 Å². The summed E-state index contributed by atoms with van der Waals surface area (Å²) >= 11 is 1.47. The largest absolute Gasteiger partial charge is 0.358 e. The van der Waals surface area contributed by atoms with Crippen LogP contribution in [0.2, 0.25) is 0 Å². The van der Waals surface area contributed by atoms with Gasteiger partial charge in [-0.15, -0.1) is 11.8 Å². The van der Waals surface area contributed by atoms with E-state index in [-0.39, 0.29) is 35.5 Å². The summed E-state index contributed by atoms with van der Waals surface area (Å²) in [5, 5.41) is 12.0. The molecule has 4 rings (SSSR count). The molecule has 0 radical (unpaired) electrons. The van der Waals surface area contributed by atoms with Crippen molar-refractivity contribution < 1.29 is 14.3 Å². The molecule has 2 saturated heterocycles. The fourth-order valence-corrected chi connectivity index (χ4v) is 4.44. The first-order valence-corrected chi connectivity index (χ1v) is 10.0. The zero-order valence-corrected chi connectivity index (χ0v) is 15.7. The molecule has 140 valence electrons. The van der Waals surface area contributed by atoms with E-state index in [1.54, 1.807) is 0 Å². The van der Waals surface area contributed by atoms with Gasteiger partial charge in [0, 0.05) is 24.6 Å². The van der Waals surface area contributed by atoms with Crippen molar-refractivity contribution in [2.45, 2.75) is 44.0 Å². The molecular formula is C18H24N4O3S. The number of hydrogen-bond acceptors (Lipinski definition) is 5. The van der Waals surface area contributed by atoms with Crippen molar-refractivity contribution in [1.29, 1.82) is 0 Å². The normalized spacial score (nSPS) is 30.0. The summed E-state index contributed by atoms with van der Waals surface area (Å²) in [4.78, 5) is 23.7. The molecule has 5 unspecified atom stereocenters. The molecule has 0 saturated carbocycles. The number of nitrogens with one attached hydrogen (secondary N) is 4. The minimum absolute atomic E-state index is 0.0242. The maximum absolute atomic E-state index is 12.3. The number of fused-ring (bicyclic) bond motifs is 2. The van der Waals surface area contributed by atoms with E-state index < -0.39 is 0 Å². The third kappa shape index (κ3) is 3.76. The number of carbonyl (C=O) groups excluding carboxylic acids is 2. The number of thioether (sulfide) groups is 1. The molecule has 8 heteroatoms. The lowest BCUT2D eigenvalue weighted by molar-refractivity contribution is -0.119. The Bertz CT molecular complexity index is 728. The predicted octanol–water partition coefficient (Wildman–Crippen LogP) is 1.56. The molecule has 3 amide bonds. The van der Waals surface area contributed by atoms with Crippen molar-refractivity contribution in [3.63, 3.8) is 0 Å². The molecule has 2 fully saturated rings. The number of amides is 3. The minimum atomic E-state index is -0.168. The van der Waals surface area contributed by atoms with Crippen molar-refractivity contribution in [1.82, 2.24) is 16.0 Å². The number of carbonyl (C=O) groups is 2. The van der Waals surface area contributed by atoms with E-state index >= 15 is 0 Å². The van der Waals surface area contributed by atoms with Gasteiger partial charge in [-0.1, -0.05) is 19.1 Å². The van der Waals surface area contributed by atoms with Crippen molar-refractivity contribution in [2.24, 2.45) is 5.92 Å². The highest BCUT2D eigenvalue weighted by Crippen LogP contribution is 2.36. The van der Waals surface area contributed by atoms with Gasteiger partial charge in [0.15, 0.2) is 6.23 Å². The first-order chi connectivity index (χ1) is 12.5. The Balaban J connectivity index is 1.30. The number of ether oxygens (including phenoxy) is 1. The van der Waals surface area contributed by atoms with Gasteiger partial charge in [-0.3, -0.25) is 4.79 Å². The van der Waals surface area contributed by atoms with E-state index in [0.29, 0.717) is 18.4 Å². The Hall–Kier alpha value is -1.93. The summed E-state index contributed by atoms with van der Waals surface area (Å²) in [5.74, 6) is 0.581. The van der Waals surface area contributed by atoms with Gasteiger partial charge < -0.3 is 26.0 Å². The van der Waals surface area contributed by atoms with Crippen molar-refractivity contribution in [2.75, 3.05) is 17.6 Å². The SMILES string of the molecule is CC(NC(=O)CSC1NC(=O)NCC1C)c1ccc2c(c1)CC1OC1N2. The van der Waals surface area contributed by atoms with Crippen LogP contribution >= 0.6 is 11.8 Å². The molecule has 4 N–H and O–H groups in total. The van der Waals surface area contributed by atoms with Crippen LogP contribution in [0.1, 0.15) is 31.0 Å². The van der Waals surface area contributed by atoms with Crippen molar-refractivity contribution >= 4 is 29.4 Å².